The van der Waals surface area contributed by atoms with E-state index in [1.807, 2.05) is 29.9 Å². The van der Waals surface area contributed by atoms with Crippen molar-refractivity contribution in [3.05, 3.63) is 36.7 Å². The number of alkyl halides is 1. The van der Waals surface area contributed by atoms with E-state index < -0.39 is 0 Å². The molecule has 0 aromatic carbocycles. The van der Waals surface area contributed by atoms with Gasteiger partial charge in [0, 0.05) is 37.8 Å². The molecule has 0 bridgehead atoms. The standard InChI is InChI=1S/C13H19ClN2O/c1-3-9-16(13(17)7-4-8-14)11-12-6-5-10-15(12)2/h3,5-6,10H,1,4,7-9,11H2,2H3. The van der Waals surface area contributed by atoms with E-state index in [4.69, 9.17) is 11.6 Å². The highest BCUT2D eigenvalue weighted by atomic mass is 35.5. The zero-order chi connectivity index (χ0) is 12.7. The molecule has 0 fully saturated rings. The van der Waals surface area contributed by atoms with Crippen LogP contribution in [-0.4, -0.2) is 27.8 Å². The summed E-state index contributed by atoms with van der Waals surface area (Å²) in [7, 11) is 1.98. The molecule has 3 nitrogen and oxygen atoms in total. The third-order valence-corrected chi connectivity index (χ3v) is 2.90. The van der Waals surface area contributed by atoms with E-state index in [2.05, 4.69) is 6.58 Å². The maximum atomic E-state index is 11.9. The average Bonchev–Trinajstić information content (AvgIpc) is 2.71. The SMILES string of the molecule is C=CCN(Cc1cccn1C)C(=O)CCCCl. The highest BCUT2D eigenvalue weighted by Crippen LogP contribution is 2.08. The van der Waals surface area contributed by atoms with Crippen molar-refractivity contribution in [3.63, 3.8) is 0 Å². The lowest BCUT2D eigenvalue weighted by atomic mass is 10.2. The summed E-state index contributed by atoms with van der Waals surface area (Å²) in [6.45, 7) is 4.89. The van der Waals surface area contributed by atoms with Gasteiger partial charge in [-0.05, 0) is 18.6 Å². The Labute approximate surface area is 108 Å². The van der Waals surface area contributed by atoms with Gasteiger partial charge in [-0.3, -0.25) is 4.79 Å². The summed E-state index contributed by atoms with van der Waals surface area (Å²) >= 11 is 5.60. The molecule has 0 unspecified atom stereocenters. The number of nitrogens with zero attached hydrogens (tertiary/aromatic N) is 2. The molecule has 0 spiro atoms. The number of aromatic nitrogens is 1. The first-order valence-corrected chi connectivity index (χ1v) is 6.27. The van der Waals surface area contributed by atoms with Gasteiger partial charge in [-0.15, -0.1) is 18.2 Å². The Balaban J connectivity index is 2.62. The number of hydrogen-bond donors (Lipinski definition) is 0. The van der Waals surface area contributed by atoms with E-state index in [9.17, 15) is 4.79 Å². The molecule has 1 rings (SSSR count). The first kappa shape index (κ1) is 13.8. The molecule has 0 aliphatic heterocycles. The first-order chi connectivity index (χ1) is 8.19. The Morgan fingerprint density at radius 3 is 2.94 bits per heavy atom. The van der Waals surface area contributed by atoms with E-state index in [-0.39, 0.29) is 5.91 Å². The number of amides is 1. The fraction of sp³-hybridized carbons (Fsp3) is 0.462. The molecule has 1 heterocycles. The number of hydrogen-bond acceptors (Lipinski definition) is 1. The Bertz CT molecular complexity index is 373. The van der Waals surface area contributed by atoms with Crippen LogP contribution in [0.15, 0.2) is 31.0 Å². The summed E-state index contributed by atoms with van der Waals surface area (Å²) in [5.74, 6) is 0.657. The topological polar surface area (TPSA) is 25.2 Å². The van der Waals surface area contributed by atoms with Crippen LogP contribution in [0, 0.1) is 0 Å². The van der Waals surface area contributed by atoms with E-state index in [1.165, 1.54) is 0 Å². The minimum atomic E-state index is 0.131. The lowest BCUT2D eigenvalue weighted by Crippen LogP contribution is -2.31. The summed E-state index contributed by atoms with van der Waals surface area (Å²) in [5.41, 5.74) is 1.12. The molecule has 0 saturated carbocycles. The summed E-state index contributed by atoms with van der Waals surface area (Å²) in [4.78, 5) is 13.7. The zero-order valence-electron chi connectivity index (χ0n) is 10.2. The molecule has 0 aliphatic carbocycles. The smallest absolute Gasteiger partial charge is 0.223 e. The maximum absolute atomic E-state index is 11.9. The van der Waals surface area contributed by atoms with Crippen LogP contribution in [0.3, 0.4) is 0 Å². The van der Waals surface area contributed by atoms with Gasteiger partial charge >= 0.3 is 0 Å². The van der Waals surface area contributed by atoms with Gasteiger partial charge in [0.05, 0.1) is 6.54 Å². The fourth-order valence-corrected chi connectivity index (χ4v) is 1.78. The highest BCUT2D eigenvalue weighted by molar-refractivity contribution is 6.17. The van der Waals surface area contributed by atoms with Crippen molar-refractivity contribution < 1.29 is 4.79 Å². The molecule has 17 heavy (non-hydrogen) atoms. The highest BCUT2D eigenvalue weighted by Gasteiger charge is 2.13. The molecular weight excluding hydrogens is 236 g/mol. The van der Waals surface area contributed by atoms with Crippen LogP contribution in [0.1, 0.15) is 18.5 Å². The van der Waals surface area contributed by atoms with Gasteiger partial charge in [0.2, 0.25) is 5.91 Å². The number of carbonyl (C=O) groups is 1. The van der Waals surface area contributed by atoms with Gasteiger partial charge in [0.25, 0.3) is 0 Å². The monoisotopic (exact) mass is 254 g/mol. The van der Waals surface area contributed by atoms with Crippen LogP contribution in [0.5, 0.6) is 0 Å². The van der Waals surface area contributed by atoms with E-state index in [1.54, 1.807) is 11.0 Å². The van der Waals surface area contributed by atoms with Crippen LogP contribution in [0.4, 0.5) is 0 Å². The maximum Gasteiger partial charge on any atom is 0.223 e. The third-order valence-electron chi connectivity index (χ3n) is 2.63. The van der Waals surface area contributed by atoms with Crippen molar-refractivity contribution in [3.8, 4) is 0 Å². The Hall–Kier alpha value is -1.22. The molecule has 0 saturated heterocycles. The summed E-state index contributed by atoms with van der Waals surface area (Å²) in [6, 6.07) is 4.00. The summed E-state index contributed by atoms with van der Waals surface area (Å²) in [6.07, 6.45) is 4.95. The average molecular weight is 255 g/mol. The van der Waals surface area contributed by atoms with Crippen LogP contribution in [0.2, 0.25) is 0 Å². The van der Waals surface area contributed by atoms with Gasteiger partial charge in [0.15, 0.2) is 0 Å². The van der Waals surface area contributed by atoms with Gasteiger partial charge < -0.3 is 9.47 Å². The quantitative estimate of drug-likeness (QED) is 0.542. The molecule has 1 amide bonds. The van der Waals surface area contributed by atoms with Gasteiger partial charge in [-0.2, -0.15) is 0 Å². The Kier molecular flexibility index (Phi) is 5.84. The number of carbonyl (C=O) groups excluding carboxylic acids is 1. The second-order valence-electron chi connectivity index (χ2n) is 3.97. The lowest BCUT2D eigenvalue weighted by Gasteiger charge is -2.21. The van der Waals surface area contributed by atoms with Crippen molar-refractivity contribution in [2.45, 2.75) is 19.4 Å². The van der Waals surface area contributed by atoms with Gasteiger partial charge in [-0.25, -0.2) is 0 Å². The lowest BCUT2D eigenvalue weighted by molar-refractivity contribution is -0.131. The molecular formula is C13H19ClN2O. The van der Waals surface area contributed by atoms with Crippen molar-refractivity contribution in [1.82, 2.24) is 9.47 Å². The molecule has 4 heteroatoms. The van der Waals surface area contributed by atoms with Crippen LogP contribution >= 0.6 is 11.6 Å². The molecule has 1 aromatic heterocycles. The largest absolute Gasteiger partial charge is 0.353 e. The van der Waals surface area contributed by atoms with E-state index in [0.717, 1.165) is 12.1 Å². The van der Waals surface area contributed by atoms with Crippen molar-refractivity contribution >= 4 is 17.5 Å². The fourth-order valence-electron chi connectivity index (χ4n) is 1.64. The van der Waals surface area contributed by atoms with Crippen molar-refractivity contribution in [1.29, 1.82) is 0 Å². The Morgan fingerprint density at radius 1 is 1.65 bits per heavy atom. The molecule has 0 aliphatic rings. The second-order valence-corrected chi connectivity index (χ2v) is 4.34. The molecule has 0 atom stereocenters. The molecule has 1 aromatic rings. The van der Waals surface area contributed by atoms with E-state index in [0.29, 0.717) is 25.4 Å². The summed E-state index contributed by atoms with van der Waals surface area (Å²) < 4.78 is 2.02. The minimum absolute atomic E-state index is 0.131. The van der Waals surface area contributed by atoms with Crippen molar-refractivity contribution in [2.24, 2.45) is 7.05 Å². The van der Waals surface area contributed by atoms with Crippen LogP contribution in [-0.2, 0) is 18.4 Å². The Morgan fingerprint density at radius 2 is 2.41 bits per heavy atom. The first-order valence-electron chi connectivity index (χ1n) is 5.74. The third kappa shape index (κ3) is 4.27. The van der Waals surface area contributed by atoms with E-state index >= 15 is 0 Å². The predicted octanol–water partition coefficient (Wildman–Crippen LogP) is 2.56. The number of rotatable bonds is 7. The van der Waals surface area contributed by atoms with Crippen LogP contribution < -0.4 is 0 Å². The predicted molar refractivity (Wildman–Crippen MR) is 71.0 cm³/mol. The molecule has 0 radical (unpaired) electrons. The summed E-state index contributed by atoms with van der Waals surface area (Å²) in [5, 5.41) is 0. The van der Waals surface area contributed by atoms with Gasteiger partial charge in [0.1, 0.15) is 0 Å². The number of halogens is 1. The minimum Gasteiger partial charge on any atom is -0.353 e. The van der Waals surface area contributed by atoms with Crippen LogP contribution in [0.25, 0.3) is 0 Å². The molecule has 0 N–H and O–H groups in total. The van der Waals surface area contributed by atoms with Gasteiger partial charge in [-0.1, -0.05) is 6.08 Å². The number of aryl methyl sites for hydroxylation is 1. The molecule has 94 valence electrons. The van der Waals surface area contributed by atoms with Crippen molar-refractivity contribution in [2.75, 3.05) is 12.4 Å². The normalized spacial score (nSPS) is 10.2. The second kappa shape index (κ2) is 7.17. The zero-order valence-corrected chi connectivity index (χ0v) is 11.0.